The topological polar surface area (TPSA) is 66.7 Å². The molecular formula is C8H11NO3. The lowest BCUT2D eigenvalue weighted by Crippen LogP contribution is -2.29. The van der Waals surface area contributed by atoms with Crippen LogP contribution in [0.15, 0.2) is 17.0 Å². The van der Waals surface area contributed by atoms with E-state index in [1.807, 2.05) is 0 Å². The second kappa shape index (κ2) is 3.47. The third-order valence-electron chi connectivity index (χ3n) is 2.09. The van der Waals surface area contributed by atoms with Crippen molar-refractivity contribution in [2.75, 3.05) is 0 Å². The summed E-state index contributed by atoms with van der Waals surface area (Å²) in [6.45, 7) is 1.36. The van der Waals surface area contributed by atoms with Crippen LogP contribution in [0.5, 0.6) is 0 Å². The first-order valence-corrected chi connectivity index (χ1v) is 3.88. The normalized spacial score (nSPS) is 29.2. The summed E-state index contributed by atoms with van der Waals surface area (Å²) in [4.78, 5) is 21.3. The van der Waals surface area contributed by atoms with E-state index in [1.54, 1.807) is 6.08 Å². The predicted octanol–water partition coefficient (Wildman–Crippen LogP) is 1.56. The first-order chi connectivity index (χ1) is 5.66. The molecule has 0 aromatic heterocycles. The number of allylic oxidation sites excluding steroid dienone is 1. The molecule has 12 heavy (non-hydrogen) atoms. The summed E-state index contributed by atoms with van der Waals surface area (Å²) in [6, 6.07) is -0.576. The highest BCUT2D eigenvalue weighted by molar-refractivity contribution is 5.81. The van der Waals surface area contributed by atoms with E-state index in [0.29, 0.717) is 12.8 Å². The van der Waals surface area contributed by atoms with Crippen LogP contribution in [0.25, 0.3) is 0 Å². The van der Waals surface area contributed by atoms with Crippen LogP contribution >= 0.6 is 0 Å². The molecule has 1 aliphatic carbocycles. The second-order valence-corrected chi connectivity index (χ2v) is 2.97. The Kier molecular flexibility index (Phi) is 2.58. The molecule has 2 atom stereocenters. The quantitative estimate of drug-likeness (QED) is 0.638. The molecule has 2 unspecified atom stereocenters. The summed E-state index contributed by atoms with van der Waals surface area (Å²) in [5.74, 6) is -0.900. The van der Waals surface area contributed by atoms with Gasteiger partial charge in [0.2, 0.25) is 0 Å². The van der Waals surface area contributed by atoms with Crippen molar-refractivity contribution in [3.05, 3.63) is 16.7 Å². The van der Waals surface area contributed by atoms with Crippen LogP contribution < -0.4 is 0 Å². The fourth-order valence-corrected chi connectivity index (χ4v) is 1.49. The second-order valence-electron chi connectivity index (χ2n) is 2.97. The highest BCUT2D eigenvalue weighted by atomic mass is 16.3. The summed E-state index contributed by atoms with van der Waals surface area (Å²) in [6.07, 6.45) is 2.75. The van der Waals surface area contributed by atoms with Crippen molar-refractivity contribution < 1.29 is 9.90 Å². The lowest BCUT2D eigenvalue weighted by Gasteiger charge is -2.21. The molecule has 0 saturated carbocycles. The molecule has 1 rings (SSSR count). The molecule has 4 nitrogen and oxygen atoms in total. The zero-order valence-corrected chi connectivity index (χ0v) is 6.86. The van der Waals surface area contributed by atoms with Gasteiger partial charge < -0.3 is 5.11 Å². The Morgan fingerprint density at radius 2 is 2.42 bits per heavy atom. The molecule has 0 bridgehead atoms. The van der Waals surface area contributed by atoms with Crippen molar-refractivity contribution in [1.29, 1.82) is 0 Å². The molecule has 0 spiro atoms. The van der Waals surface area contributed by atoms with Gasteiger partial charge in [-0.05, 0) is 25.8 Å². The molecule has 0 aromatic carbocycles. The third-order valence-corrected chi connectivity index (χ3v) is 2.09. The van der Waals surface area contributed by atoms with Crippen LogP contribution in [0.3, 0.4) is 0 Å². The first-order valence-electron chi connectivity index (χ1n) is 3.88. The zero-order valence-electron chi connectivity index (χ0n) is 6.86. The summed E-state index contributed by atoms with van der Waals surface area (Å²) in [5.41, 5.74) is 0. The SMILES string of the molecule is CC(=O)C1C(O)=CCCC1N=O. The minimum Gasteiger partial charge on any atom is -0.512 e. The van der Waals surface area contributed by atoms with Gasteiger partial charge in [0.15, 0.2) is 0 Å². The van der Waals surface area contributed by atoms with E-state index < -0.39 is 12.0 Å². The van der Waals surface area contributed by atoms with Crippen molar-refractivity contribution in [3.63, 3.8) is 0 Å². The van der Waals surface area contributed by atoms with E-state index in [1.165, 1.54) is 6.92 Å². The standard InChI is InChI=1S/C8H11NO3/c1-5(10)8-6(9-12)3-2-4-7(8)11/h4,6,8,11H,2-3H2,1H3. The molecule has 0 radical (unpaired) electrons. The monoisotopic (exact) mass is 169 g/mol. The summed E-state index contributed by atoms with van der Waals surface area (Å²) < 4.78 is 0. The lowest BCUT2D eigenvalue weighted by molar-refractivity contribution is -0.121. The maximum atomic E-state index is 11.0. The Morgan fingerprint density at radius 3 is 2.83 bits per heavy atom. The van der Waals surface area contributed by atoms with Crippen LogP contribution in [0.2, 0.25) is 0 Å². The number of Topliss-reactive ketones (excluding diaryl/α,β-unsaturated/α-hetero) is 1. The van der Waals surface area contributed by atoms with E-state index in [-0.39, 0.29) is 11.5 Å². The number of hydrogen-bond acceptors (Lipinski definition) is 4. The van der Waals surface area contributed by atoms with Crippen molar-refractivity contribution in [2.24, 2.45) is 11.1 Å². The van der Waals surface area contributed by atoms with E-state index in [2.05, 4.69) is 5.18 Å². The molecule has 0 saturated heterocycles. The first kappa shape index (κ1) is 8.90. The molecular weight excluding hydrogens is 158 g/mol. The number of nitroso groups, excluding NO2 is 1. The van der Waals surface area contributed by atoms with Gasteiger partial charge in [-0.3, -0.25) is 4.79 Å². The number of carbonyl (C=O) groups is 1. The molecule has 1 N–H and O–H groups in total. The predicted molar refractivity (Wildman–Crippen MR) is 43.7 cm³/mol. The fraction of sp³-hybridized carbons (Fsp3) is 0.625. The number of hydrogen-bond donors (Lipinski definition) is 1. The third kappa shape index (κ3) is 1.52. The Morgan fingerprint density at radius 1 is 1.75 bits per heavy atom. The Labute approximate surface area is 70.2 Å². The van der Waals surface area contributed by atoms with Crippen molar-refractivity contribution in [2.45, 2.75) is 25.8 Å². The maximum absolute atomic E-state index is 11.0. The Hall–Kier alpha value is -1.19. The molecule has 0 fully saturated rings. The number of nitrogens with zero attached hydrogens (tertiary/aromatic N) is 1. The van der Waals surface area contributed by atoms with Crippen LogP contribution in [-0.4, -0.2) is 16.9 Å². The lowest BCUT2D eigenvalue weighted by atomic mass is 9.86. The van der Waals surface area contributed by atoms with Gasteiger partial charge in [-0.15, -0.1) is 0 Å². The van der Waals surface area contributed by atoms with Gasteiger partial charge in [0.05, 0.1) is 5.92 Å². The molecule has 0 aromatic rings. The van der Waals surface area contributed by atoms with E-state index >= 15 is 0 Å². The summed E-state index contributed by atoms with van der Waals surface area (Å²) >= 11 is 0. The van der Waals surface area contributed by atoms with Crippen LogP contribution in [0.1, 0.15) is 19.8 Å². The van der Waals surface area contributed by atoms with Gasteiger partial charge in [0.25, 0.3) is 0 Å². The maximum Gasteiger partial charge on any atom is 0.142 e. The van der Waals surface area contributed by atoms with Crippen molar-refractivity contribution in [1.82, 2.24) is 0 Å². The van der Waals surface area contributed by atoms with Crippen LogP contribution in [0, 0.1) is 10.8 Å². The number of aliphatic hydroxyl groups is 1. The number of rotatable bonds is 2. The van der Waals surface area contributed by atoms with Crippen molar-refractivity contribution in [3.8, 4) is 0 Å². The number of ketones is 1. The van der Waals surface area contributed by atoms with Crippen LogP contribution in [-0.2, 0) is 4.79 Å². The van der Waals surface area contributed by atoms with Gasteiger partial charge in [-0.1, -0.05) is 5.18 Å². The van der Waals surface area contributed by atoms with Gasteiger partial charge in [-0.25, -0.2) is 0 Å². The zero-order chi connectivity index (χ0) is 9.14. The summed E-state index contributed by atoms with van der Waals surface area (Å²) in [7, 11) is 0. The highest BCUT2D eigenvalue weighted by Gasteiger charge is 2.32. The molecule has 1 aliphatic rings. The molecule has 66 valence electrons. The highest BCUT2D eigenvalue weighted by Crippen LogP contribution is 2.26. The van der Waals surface area contributed by atoms with E-state index in [9.17, 15) is 14.8 Å². The average molecular weight is 169 g/mol. The average Bonchev–Trinajstić information content (AvgIpc) is 2.03. The largest absolute Gasteiger partial charge is 0.512 e. The van der Waals surface area contributed by atoms with E-state index in [0.717, 1.165) is 0 Å². The molecule has 0 aliphatic heterocycles. The van der Waals surface area contributed by atoms with E-state index in [4.69, 9.17) is 0 Å². The summed E-state index contributed by atoms with van der Waals surface area (Å²) in [5, 5.41) is 12.1. The van der Waals surface area contributed by atoms with Gasteiger partial charge >= 0.3 is 0 Å². The fourth-order valence-electron chi connectivity index (χ4n) is 1.49. The van der Waals surface area contributed by atoms with Gasteiger partial charge in [-0.2, -0.15) is 4.91 Å². The van der Waals surface area contributed by atoms with Crippen molar-refractivity contribution >= 4 is 5.78 Å². The van der Waals surface area contributed by atoms with Gasteiger partial charge in [0.1, 0.15) is 17.6 Å². The minimum atomic E-state index is -0.698. The Balaban J connectivity index is 2.87. The Bertz CT molecular complexity index is 234. The minimum absolute atomic E-state index is 0.00153. The molecule has 0 amide bonds. The molecule has 4 heteroatoms. The number of carbonyl (C=O) groups excluding carboxylic acids is 1. The van der Waals surface area contributed by atoms with Gasteiger partial charge in [0, 0.05) is 0 Å². The van der Waals surface area contributed by atoms with Crippen LogP contribution in [0.4, 0.5) is 0 Å². The molecule has 0 heterocycles. The smallest absolute Gasteiger partial charge is 0.142 e. The number of aliphatic hydroxyl groups excluding tert-OH is 1.